The second-order valence-electron chi connectivity index (χ2n) is 7.40. The minimum atomic E-state index is -4.91. The molecule has 1 atom stereocenters. The number of anilines is 1. The standard InChI is InChI=1S/C22H23F5N4O3/c1-4-31(13-8-10-30(12-13)21(32)34-3)19-15-11-16(22(25,26)27)14(7-5-6-9-23)17(24)18(15)28-20(29-19)33-2/h5-7,9,11,13H,4,8,10,12H2,1-3H3/b7-5+,9-6+/t13-/m0/s1. The second kappa shape index (κ2) is 10.2. The molecule has 7 nitrogen and oxygen atoms in total. The number of ether oxygens (including phenoxy) is 2. The van der Waals surface area contributed by atoms with Gasteiger partial charge in [-0.05, 0) is 25.5 Å². The number of alkyl halides is 3. The average Bonchev–Trinajstić information content (AvgIpc) is 3.29. The van der Waals surface area contributed by atoms with Crippen LogP contribution in [0.5, 0.6) is 6.01 Å². The van der Waals surface area contributed by atoms with Crippen molar-refractivity contribution >= 4 is 28.9 Å². The molecule has 0 saturated carbocycles. The molecule has 0 radical (unpaired) electrons. The molecule has 3 rings (SSSR count). The minimum absolute atomic E-state index is 0.0460. The van der Waals surface area contributed by atoms with Gasteiger partial charge in [-0.1, -0.05) is 12.2 Å². The number of methoxy groups -OCH3 is 2. The van der Waals surface area contributed by atoms with E-state index in [1.54, 1.807) is 11.8 Å². The summed E-state index contributed by atoms with van der Waals surface area (Å²) in [5.41, 5.74) is -2.42. The average molecular weight is 486 g/mol. The van der Waals surface area contributed by atoms with Crippen LogP contribution in [0.1, 0.15) is 24.5 Å². The van der Waals surface area contributed by atoms with Gasteiger partial charge in [0.25, 0.3) is 0 Å². The number of likely N-dealkylation sites (N-methyl/N-ethyl adjacent to an activating group) is 1. The summed E-state index contributed by atoms with van der Waals surface area (Å²) in [6.45, 7) is 2.70. The van der Waals surface area contributed by atoms with Crippen LogP contribution in [0.15, 0.2) is 24.5 Å². The topological polar surface area (TPSA) is 67.8 Å². The lowest BCUT2D eigenvalue weighted by Gasteiger charge is -2.30. The van der Waals surface area contributed by atoms with Crippen molar-refractivity contribution in [2.45, 2.75) is 25.6 Å². The van der Waals surface area contributed by atoms with Crippen molar-refractivity contribution in [2.24, 2.45) is 0 Å². The van der Waals surface area contributed by atoms with Gasteiger partial charge in [-0.25, -0.2) is 13.6 Å². The SMILES string of the molecule is CCN(c1nc(OC)nc2c(F)c(/C=C/C=C/F)c(C(F)(F)F)cc12)[C@H]1CCN(C(=O)OC)C1. The van der Waals surface area contributed by atoms with Gasteiger partial charge in [0, 0.05) is 36.6 Å². The van der Waals surface area contributed by atoms with Crippen LogP contribution in [-0.2, 0) is 10.9 Å². The van der Waals surface area contributed by atoms with E-state index < -0.39 is 29.2 Å². The van der Waals surface area contributed by atoms with E-state index in [1.165, 1.54) is 19.1 Å². The Morgan fingerprint density at radius 3 is 2.62 bits per heavy atom. The van der Waals surface area contributed by atoms with Gasteiger partial charge in [0.05, 0.1) is 26.1 Å². The van der Waals surface area contributed by atoms with Crippen LogP contribution in [0, 0.1) is 5.82 Å². The van der Waals surface area contributed by atoms with Crippen LogP contribution in [0.3, 0.4) is 0 Å². The predicted molar refractivity (Wildman–Crippen MR) is 116 cm³/mol. The van der Waals surface area contributed by atoms with Gasteiger partial charge < -0.3 is 19.3 Å². The summed E-state index contributed by atoms with van der Waals surface area (Å²) in [6.07, 6.45) is -2.19. The van der Waals surface area contributed by atoms with Crippen LogP contribution >= 0.6 is 0 Å². The summed E-state index contributed by atoms with van der Waals surface area (Å²) in [5, 5.41) is -0.165. The summed E-state index contributed by atoms with van der Waals surface area (Å²) in [4.78, 5) is 23.2. The highest BCUT2D eigenvalue weighted by Gasteiger charge is 2.37. The molecule has 0 aliphatic carbocycles. The van der Waals surface area contributed by atoms with Gasteiger partial charge in [0.15, 0.2) is 5.82 Å². The molecule has 1 aromatic heterocycles. The van der Waals surface area contributed by atoms with E-state index >= 15 is 4.39 Å². The van der Waals surface area contributed by atoms with Crippen LogP contribution < -0.4 is 9.64 Å². The zero-order valence-corrected chi connectivity index (χ0v) is 18.7. The molecule has 0 unspecified atom stereocenters. The lowest BCUT2D eigenvalue weighted by molar-refractivity contribution is -0.137. The fourth-order valence-corrected chi connectivity index (χ4v) is 3.98. The van der Waals surface area contributed by atoms with E-state index in [4.69, 9.17) is 9.47 Å². The highest BCUT2D eigenvalue weighted by molar-refractivity contribution is 5.93. The predicted octanol–water partition coefficient (Wildman–Crippen LogP) is 4.96. The van der Waals surface area contributed by atoms with Crippen molar-refractivity contribution < 1.29 is 36.2 Å². The molecule has 1 saturated heterocycles. The highest BCUT2D eigenvalue weighted by atomic mass is 19.4. The molecule has 1 aliphatic rings. The first-order valence-electron chi connectivity index (χ1n) is 10.3. The highest BCUT2D eigenvalue weighted by Crippen LogP contribution is 2.40. The van der Waals surface area contributed by atoms with E-state index in [2.05, 4.69) is 9.97 Å². The van der Waals surface area contributed by atoms with E-state index in [0.29, 0.717) is 19.5 Å². The first kappa shape index (κ1) is 25.2. The van der Waals surface area contributed by atoms with Gasteiger partial charge >= 0.3 is 18.3 Å². The number of carbonyl (C=O) groups is 1. The number of likely N-dealkylation sites (tertiary alicyclic amines) is 1. The summed E-state index contributed by atoms with van der Waals surface area (Å²) in [5.74, 6) is -1.20. The molecule has 2 aromatic rings. The number of halogens is 5. The lowest BCUT2D eigenvalue weighted by atomic mass is 10.0. The maximum absolute atomic E-state index is 15.4. The van der Waals surface area contributed by atoms with E-state index in [-0.39, 0.29) is 41.6 Å². The molecule has 34 heavy (non-hydrogen) atoms. The summed E-state index contributed by atoms with van der Waals surface area (Å²) < 4.78 is 79.2. The fourth-order valence-electron chi connectivity index (χ4n) is 3.98. The molecule has 0 spiro atoms. The Balaban J connectivity index is 2.24. The molecule has 0 bridgehead atoms. The van der Waals surface area contributed by atoms with Crippen LogP contribution in [0.2, 0.25) is 0 Å². The largest absolute Gasteiger partial charge is 0.467 e. The Hall–Kier alpha value is -3.44. The molecule has 1 fully saturated rings. The number of carbonyl (C=O) groups excluding carboxylic acids is 1. The van der Waals surface area contributed by atoms with Gasteiger partial charge in [0.2, 0.25) is 0 Å². The third-order valence-corrected chi connectivity index (χ3v) is 5.51. The summed E-state index contributed by atoms with van der Waals surface area (Å²) >= 11 is 0. The first-order valence-corrected chi connectivity index (χ1v) is 10.3. The molecule has 12 heteroatoms. The number of allylic oxidation sites excluding steroid dienone is 2. The summed E-state index contributed by atoms with van der Waals surface area (Å²) in [7, 11) is 2.51. The Bertz CT molecular complexity index is 1120. The molecule has 1 amide bonds. The molecule has 1 aromatic carbocycles. The van der Waals surface area contributed by atoms with Gasteiger partial charge in [-0.15, -0.1) is 0 Å². The maximum Gasteiger partial charge on any atom is 0.417 e. The Labute approximate surface area is 192 Å². The number of aromatic nitrogens is 2. The van der Waals surface area contributed by atoms with Crippen molar-refractivity contribution in [3.8, 4) is 6.01 Å². The Morgan fingerprint density at radius 1 is 1.29 bits per heavy atom. The smallest absolute Gasteiger partial charge is 0.417 e. The fraction of sp³-hybridized carbons (Fsp3) is 0.409. The van der Waals surface area contributed by atoms with Crippen molar-refractivity contribution in [3.05, 3.63) is 41.5 Å². The van der Waals surface area contributed by atoms with Crippen LogP contribution in [0.4, 0.5) is 32.6 Å². The van der Waals surface area contributed by atoms with Crippen molar-refractivity contribution in [1.82, 2.24) is 14.9 Å². The zero-order valence-electron chi connectivity index (χ0n) is 18.7. The van der Waals surface area contributed by atoms with E-state index in [0.717, 1.165) is 24.3 Å². The Kier molecular flexibility index (Phi) is 7.57. The number of benzene rings is 1. The second-order valence-corrected chi connectivity index (χ2v) is 7.40. The molecule has 2 heterocycles. The zero-order chi connectivity index (χ0) is 25.0. The Morgan fingerprint density at radius 2 is 2.03 bits per heavy atom. The maximum atomic E-state index is 15.4. The van der Waals surface area contributed by atoms with Crippen LogP contribution in [0.25, 0.3) is 17.0 Å². The molecule has 1 aliphatic heterocycles. The number of hydrogen-bond donors (Lipinski definition) is 0. The van der Waals surface area contributed by atoms with E-state index in [9.17, 15) is 22.4 Å². The quantitative estimate of drug-likeness (QED) is 0.425. The van der Waals surface area contributed by atoms with E-state index in [1.807, 2.05) is 0 Å². The molecular weight excluding hydrogens is 463 g/mol. The number of amides is 1. The number of hydrogen-bond acceptors (Lipinski definition) is 6. The minimum Gasteiger partial charge on any atom is -0.467 e. The first-order chi connectivity index (χ1) is 16.2. The lowest BCUT2D eigenvalue weighted by Crippen LogP contribution is -2.39. The third-order valence-electron chi connectivity index (χ3n) is 5.51. The number of nitrogens with zero attached hydrogens (tertiary/aromatic N) is 4. The summed E-state index contributed by atoms with van der Waals surface area (Å²) in [6, 6.07) is 0.237. The molecule has 184 valence electrons. The van der Waals surface area contributed by atoms with Gasteiger partial charge in [-0.2, -0.15) is 23.1 Å². The number of fused-ring (bicyclic) bond motifs is 1. The van der Waals surface area contributed by atoms with Crippen molar-refractivity contribution in [2.75, 3.05) is 38.8 Å². The van der Waals surface area contributed by atoms with Crippen LogP contribution in [-0.4, -0.2) is 60.9 Å². The molecule has 0 N–H and O–H groups in total. The third kappa shape index (κ3) is 4.90. The normalized spacial score (nSPS) is 16.7. The van der Waals surface area contributed by atoms with Crippen molar-refractivity contribution in [3.63, 3.8) is 0 Å². The number of rotatable bonds is 6. The molecular formula is C22H23F5N4O3. The van der Waals surface area contributed by atoms with Gasteiger partial charge in [-0.3, -0.25) is 0 Å². The van der Waals surface area contributed by atoms with Crippen molar-refractivity contribution in [1.29, 1.82) is 0 Å². The van der Waals surface area contributed by atoms with Gasteiger partial charge in [0.1, 0.15) is 11.3 Å². The monoisotopic (exact) mass is 486 g/mol.